The first-order valence-electron chi connectivity index (χ1n) is 4.65. The van der Waals surface area contributed by atoms with Gasteiger partial charge >= 0.3 is 0 Å². The van der Waals surface area contributed by atoms with Gasteiger partial charge in [-0.25, -0.2) is 4.39 Å². The predicted octanol–water partition coefficient (Wildman–Crippen LogP) is 1.26. The molecule has 13 heavy (non-hydrogen) atoms. The summed E-state index contributed by atoms with van der Waals surface area (Å²) < 4.78 is 28.9. The van der Waals surface area contributed by atoms with Gasteiger partial charge in [-0.1, -0.05) is 0 Å². The van der Waals surface area contributed by atoms with E-state index in [0.29, 0.717) is 6.61 Å². The third-order valence-electron chi connectivity index (χ3n) is 2.47. The fraction of sp³-hybridized carbons (Fsp3) is 1.00. The van der Waals surface area contributed by atoms with Gasteiger partial charge < -0.3 is 14.2 Å². The van der Waals surface area contributed by atoms with E-state index < -0.39 is 18.6 Å². The maximum absolute atomic E-state index is 12.5. The van der Waals surface area contributed by atoms with Gasteiger partial charge in [0.05, 0.1) is 6.10 Å². The van der Waals surface area contributed by atoms with Crippen molar-refractivity contribution in [3.8, 4) is 0 Å². The second-order valence-electron chi connectivity index (χ2n) is 3.99. The van der Waals surface area contributed by atoms with Gasteiger partial charge in [0, 0.05) is 6.61 Å². The lowest BCUT2D eigenvalue weighted by molar-refractivity contribution is -0.155. The zero-order chi connectivity index (χ0) is 9.47. The minimum Gasteiger partial charge on any atom is -0.373 e. The summed E-state index contributed by atoms with van der Waals surface area (Å²) in [6.07, 6.45) is 0.128. The van der Waals surface area contributed by atoms with E-state index in [1.807, 2.05) is 13.8 Å². The summed E-state index contributed by atoms with van der Waals surface area (Å²) in [7, 11) is 0. The third kappa shape index (κ3) is 1.71. The smallest absolute Gasteiger partial charge is 0.163 e. The Bertz CT molecular complexity index is 195. The van der Waals surface area contributed by atoms with Crippen molar-refractivity contribution in [1.29, 1.82) is 0 Å². The minimum absolute atomic E-state index is 0.00417. The number of fused-ring (bicyclic) bond motifs is 1. The molecule has 2 heterocycles. The zero-order valence-corrected chi connectivity index (χ0v) is 7.96. The van der Waals surface area contributed by atoms with Crippen molar-refractivity contribution in [3.05, 3.63) is 0 Å². The number of ether oxygens (including phenoxy) is 3. The van der Waals surface area contributed by atoms with Crippen LogP contribution < -0.4 is 0 Å². The topological polar surface area (TPSA) is 27.7 Å². The highest BCUT2D eigenvalue weighted by Gasteiger charge is 2.47. The lowest BCUT2D eigenvalue weighted by atomic mass is 10.0. The van der Waals surface area contributed by atoms with Crippen LogP contribution in [-0.2, 0) is 14.2 Å². The molecule has 1 unspecified atom stereocenters. The van der Waals surface area contributed by atoms with Crippen LogP contribution in [0.3, 0.4) is 0 Å². The van der Waals surface area contributed by atoms with Crippen molar-refractivity contribution in [1.82, 2.24) is 0 Å². The van der Waals surface area contributed by atoms with Gasteiger partial charge in [0.25, 0.3) is 0 Å². The summed E-state index contributed by atoms with van der Waals surface area (Å²) in [5, 5.41) is 0. The lowest BCUT2D eigenvalue weighted by Crippen LogP contribution is -2.43. The molecule has 0 aromatic heterocycles. The molecule has 2 saturated heterocycles. The van der Waals surface area contributed by atoms with Gasteiger partial charge in [0.2, 0.25) is 0 Å². The summed E-state index contributed by atoms with van der Waals surface area (Å²) in [5.41, 5.74) is 0. The summed E-state index contributed by atoms with van der Waals surface area (Å²) in [5.74, 6) is -0.587. The second kappa shape index (κ2) is 3.19. The van der Waals surface area contributed by atoms with Crippen molar-refractivity contribution in [2.75, 3.05) is 13.3 Å². The Morgan fingerprint density at radius 2 is 2.15 bits per heavy atom. The summed E-state index contributed by atoms with van der Waals surface area (Å²) in [4.78, 5) is 0. The van der Waals surface area contributed by atoms with Gasteiger partial charge in [-0.15, -0.1) is 0 Å². The molecule has 0 saturated carbocycles. The van der Waals surface area contributed by atoms with E-state index >= 15 is 0 Å². The van der Waals surface area contributed by atoms with E-state index in [9.17, 15) is 4.39 Å². The normalized spacial score (nSPS) is 43.2. The van der Waals surface area contributed by atoms with Gasteiger partial charge in [-0.2, -0.15) is 0 Å². The van der Waals surface area contributed by atoms with Gasteiger partial charge in [0.15, 0.2) is 5.79 Å². The van der Waals surface area contributed by atoms with Crippen molar-refractivity contribution in [3.63, 3.8) is 0 Å². The van der Waals surface area contributed by atoms with Crippen LogP contribution in [0.15, 0.2) is 0 Å². The molecule has 0 aromatic rings. The fourth-order valence-electron chi connectivity index (χ4n) is 1.96. The van der Waals surface area contributed by atoms with Gasteiger partial charge in [0.1, 0.15) is 18.9 Å². The minimum atomic E-state index is -0.587. The molecule has 4 heteroatoms. The molecule has 0 amide bonds. The van der Waals surface area contributed by atoms with Crippen LogP contribution >= 0.6 is 0 Å². The summed E-state index contributed by atoms with van der Waals surface area (Å²) in [6, 6.07) is 0. The molecule has 0 spiro atoms. The molecule has 3 atom stereocenters. The van der Waals surface area contributed by atoms with Crippen molar-refractivity contribution in [2.45, 2.75) is 44.4 Å². The largest absolute Gasteiger partial charge is 0.373 e. The monoisotopic (exact) mass is 190 g/mol. The molecule has 0 bridgehead atoms. The first-order valence-corrected chi connectivity index (χ1v) is 4.65. The molecule has 3 nitrogen and oxygen atoms in total. The zero-order valence-electron chi connectivity index (χ0n) is 7.96. The average Bonchev–Trinajstić information content (AvgIpc) is 2.37. The molecule has 2 aliphatic rings. The average molecular weight is 190 g/mol. The number of rotatable bonds is 1. The van der Waals surface area contributed by atoms with E-state index in [2.05, 4.69) is 0 Å². The number of alkyl halides is 1. The van der Waals surface area contributed by atoms with E-state index in [1.165, 1.54) is 0 Å². The molecule has 0 aliphatic carbocycles. The Balaban J connectivity index is 2.08. The molecular weight excluding hydrogens is 175 g/mol. The van der Waals surface area contributed by atoms with Gasteiger partial charge in [-0.3, -0.25) is 0 Å². The van der Waals surface area contributed by atoms with Crippen molar-refractivity contribution < 1.29 is 18.6 Å². The van der Waals surface area contributed by atoms with E-state index in [-0.39, 0.29) is 12.2 Å². The number of hydrogen-bond acceptors (Lipinski definition) is 3. The Morgan fingerprint density at radius 3 is 2.85 bits per heavy atom. The molecule has 2 fully saturated rings. The summed E-state index contributed by atoms with van der Waals surface area (Å²) >= 11 is 0. The van der Waals surface area contributed by atoms with Crippen LogP contribution in [0.2, 0.25) is 0 Å². The van der Waals surface area contributed by atoms with Crippen LogP contribution in [0, 0.1) is 0 Å². The van der Waals surface area contributed by atoms with Crippen LogP contribution in [0.1, 0.15) is 20.3 Å². The standard InChI is InChI=1S/C9H15FO3/c1-9(2)12-6-3-4-11-7(5-10)8(6)13-9/h6-8H,3-5H2,1-2H3/t6-,7?,8-/m1/s1. The second-order valence-corrected chi connectivity index (χ2v) is 3.99. The van der Waals surface area contributed by atoms with Crippen molar-refractivity contribution in [2.24, 2.45) is 0 Å². The molecule has 0 aromatic carbocycles. The van der Waals surface area contributed by atoms with E-state index in [1.54, 1.807) is 0 Å². The molecule has 0 N–H and O–H groups in total. The third-order valence-corrected chi connectivity index (χ3v) is 2.47. The highest BCUT2D eigenvalue weighted by molar-refractivity contribution is 4.89. The number of hydrogen-bond donors (Lipinski definition) is 0. The first kappa shape index (κ1) is 9.37. The highest BCUT2D eigenvalue weighted by atomic mass is 19.1. The molecular formula is C9H15FO3. The van der Waals surface area contributed by atoms with Crippen LogP contribution in [-0.4, -0.2) is 37.4 Å². The maximum Gasteiger partial charge on any atom is 0.163 e. The van der Waals surface area contributed by atoms with Crippen LogP contribution in [0.25, 0.3) is 0 Å². The van der Waals surface area contributed by atoms with Crippen molar-refractivity contribution >= 4 is 0 Å². The Kier molecular flexibility index (Phi) is 2.30. The lowest BCUT2D eigenvalue weighted by Gasteiger charge is -2.29. The quantitative estimate of drug-likeness (QED) is 0.623. The van der Waals surface area contributed by atoms with E-state index in [0.717, 1.165) is 6.42 Å². The highest BCUT2D eigenvalue weighted by Crippen LogP contribution is 2.35. The van der Waals surface area contributed by atoms with Crippen LogP contribution in [0.4, 0.5) is 4.39 Å². The molecule has 76 valence electrons. The molecule has 0 radical (unpaired) electrons. The van der Waals surface area contributed by atoms with Gasteiger partial charge in [-0.05, 0) is 20.3 Å². The Morgan fingerprint density at radius 1 is 1.38 bits per heavy atom. The maximum atomic E-state index is 12.5. The SMILES string of the molecule is CC1(C)O[C@@H]2CCOC(CF)[C@@H]2O1. The summed E-state index contributed by atoms with van der Waals surface area (Å²) in [6.45, 7) is 3.76. The molecule has 2 rings (SSSR count). The Labute approximate surface area is 77.2 Å². The predicted molar refractivity (Wildman–Crippen MR) is 44.2 cm³/mol. The number of halogens is 1. The first-order chi connectivity index (χ1) is 6.12. The fourth-order valence-corrected chi connectivity index (χ4v) is 1.96. The molecule has 2 aliphatic heterocycles. The van der Waals surface area contributed by atoms with Crippen LogP contribution in [0.5, 0.6) is 0 Å². The van der Waals surface area contributed by atoms with E-state index in [4.69, 9.17) is 14.2 Å². The Hall–Kier alpha value is -0.190.